The third-order valence-corrected chi connectivity index (χ3v) is 4.75. The van der Waals surface area contributed by atoms with Crippen molar-refractivity contribution < 1.29 is 9.59 Å². The van der Waals surface area contributed by atoms with Gasteiger partial charge in [-0.1, -0.05) is 12.8 Å². The van der Waals surface area contributed by atoms with Gasteiger partial charge in [-0.2, -0.15) is 0 Å². The first-order chi connectivity index (χ1) is 9.59. The fourth-order valence-corrected chi connectivity index (χ4v) is 3.28. The van der Waals surface area contributed by atoms with Gasteiger partial charge in [-0.25, -0.2) is 0 Å². The molecule has 0 aliphatic carbocycles. The Balaban J connectivity index is 1.85. The van der Waals surface area contributed by atoms with Crippen LogP contribution < -0.4 is 5.73 Å². The van der Waals surface area contributed by atoms with Gasteiger partial charge in [0.15, 0.2) is 0 Å². The SMILES string of the molecule is C[C@@H](C(=O)N1CCCCCC1)N1CCC(C(N)=O)CC1. The highest BCUT2D eigenvalue weighted by atomic mass is 16.2. The largest absolute Gasteiger partial charge is 0.369 e. The van der Waals surface area contributed by atoms with E-state index in [0.29, 0.717) is 0 Å². The molecule has 2 fully saturated rings. The molecular formula is C15H27N3O2. The first kappa shape index (κ1) is 15.3. The third-order valence-electron chi connectivity index (χ3n) is 4.75. The maximum absolute atomic E-state index is 12.6. The number of amides is 2. The Bertz CT molecular complexity index is 343. The molecule has 0 aromatic carbocycles. The van der Waals surface area contributed by atoms with E-state index in [9.17, 15) is 9.59 Å². The molecule has 0 aromatic heterocycles. The number of hydrogen-bond donors (Lipinski definition) is 1. The number of nitrogens with zero attached hydrogens (tertiary/aromatic N) is 2. The van der Waals surface area contributed by atoms with E-state index in [2.05, 4.69) is 4.90 Å². The van der Waals surface area contributed by atoms with Crippen molar-refractivity contribution in [3.05, 3.63) is 0 Å². The predicted octanol–water partition coefficient (Wildman–Crippen LogP) is 0.975. The summed E-state index contributed by atoms with van der Waals surface area (Å²) in [6.07, 6.45) is 6.30. The maximum atomic E-state index is 12.6. The zero-order valence-corrected chi connectivity index (χ0v) is 12.5. The Morgan fingerprint density at radius 3 is 2.05 bits per heavy atom. The number of carbonyl (C=O) groups excluding carboxylic acids is 2. The molecule has 2 heterocycles. The number of piperidine rings is 1. The summed E-state index contributed by atoms with van der Waals surface area (Å²) in [5, 5.41) is 0. The van der Waals surface area contributed by atoms with Crippen molar-refractivity contribution in [2.75, 3.05) is 26.2 Å². The van der Waals surface area contributed by atoms with Crippen molar-refractivity contribution in [2.45, 2.75) is 51.5 Å². The molecule has 0 saturated carbocycles. The predicted molar refractivity (Wildman–Crippen MR) is 78.0 cm³/mol. The average Bonchev–Trinajstić information content (AvgIpc) is 2.75. The van der Waals surface area contributed by atoms with Gasteiger partial charge in [0.2, 0.25) is 11.8 Å². The highest BCUT2D eigenvalue weighted by molar-refractivity contribution is 5.81. The van der Waals surface area contributed by atoms with Gasteiger partial charge < -0.3 is 10.6 Å². The molecule has 0 bridgehead atoms. The molecule has 2 saturated heterocycles. The molecule has 0 radical (unpaired) electrons. The highest BCUT2D eigenvalue weighted by Gasteiger charge is 2.30. The summed E-state index contributed by atoms with van der Waals surface area (Å²) in [6.45, 7) is 5.41. The summed E-state index contributed by atoms with van der Waals surface area (Å²) in [5.41, 5.74) is 5.35. The fourth-order valence-electron chi connectivity index (χ4n) is 3.28. The Morgan fingerprint density at radius 1 is 1.00 bits per heavy atom. The molecule has 0 spiro atoms. The zero-order chi connectivity index (χ0) is 14.5. The number of hydrogen-bond acceptors (Lipinski definition) is 3. The van der Waals surface area contributed by atoms with Crippen LogP contribution in [0.25, 0.3) is 0 Å². The van der Waals surface area contributed by atoms with Crippen LogP contribution in [0.15, 0.2) is 0 Å². The molecule has 2 aliphatic heterocycles. The standard InChI is InChI=1S/C15H27N3O2/c1-12(15(20)18-8-4-2-3-5-9-18)17-10-6-13(7-11-17)14(16)19/h12-13H,2-11H2,1H3,(H2,16,19)/t12-/m0/s1. The molecule has 1 atom stereocenters. The van der Waals surface area contributed by atoms with Crippen LogP contribution in [0.4, 0.5) is 0 Å². The minimum atomic E-state index is -0.198. The van der Waals surface area contributed by atoms with E-state index in [1.54, 1.807) is 0 Å². The Kier molecular flexibility index (Phi) is 5.40. The molecule has 2 N–H and O–H groups in total. The molecule has 0 aromatic rings. The summed E-state index contributed by atoms with van der Waals surface area (Å²) in [7, 11) is 0. The van der Waals surface area contributed by atoms with Crippen LogP contribution in [0.1, 0.15) is 45.4 Å². The molecule has 20 heavy (non-hydrogen) atoms. The summed E-state index contributed by atoms with van der Waals surface area (Å²) < 4.78 is 0. The third kappa shape index (κ3) is 3.72. The lowest BCUT2D eigenvalue weighted by atomic mass is 9.95. The molecule has 5 heteroatoms. The van der Waals surface area contributed by atoms with Crippen molar-refractivity contribution in [3.8, 4) is 0 Å². The van der Waals surface area contributed by atoms with Crippen LogP contribution in [0.2, 0.25) is 0 Å². The van der Waals surface area contributed by atoms with Crippen molar-refractivity contribution >= 4 is 11.8 Å². The summed E-state index contributed by atoms with van der Waals surface area (Å²) >= 11 is 0. The number of primary amides is 1. The van der Waals surface area contributed by atoms with E-state index < -0.39 is 0 Å². The highest BCUT2D eigenvalue weighted by Crippen LogP contribution is 2.20. The lowest BCUT2D eigenvalue weighted by Gasteiger charge is -2.36. The lowest BCUT2D eigenvalue weighted by Crippen LogP contribution is -2.50. The molecule has 0 unspecified atom stereocenters. The van der Waals surface area contributed by atoms with Crippen LogP contribution in [-0.2, 0) is 9.59 Å². The number of carbonyl (C=O) groups is 2. The second-order valence-corrected chi connectivity index (χ2v) is 6.13. The maximum Gasteiger partial charge on any atom is 0.239 e. The van der Waals surface area contributed by atoms with E-state index in [4.69, 9.17) is 5.73 Å². The van der Waals surface area contributed by atoms with E-state index in [1.807, 2.05) is 11.8 Å². The van der Waals surface area contributed by atoms with Gasteiger partial charge in [-0.3, -0.25) is 14.5 Å². The first-order valence-corrected chi connectivity index (χ1v) is 7.91. The molecular weight excluding hydrogens is 254 g/mol. The summed E-state index contributed by atoms with van der Waals surface area (Å²) in [6, 6.07) is -0.0677. The Labute approximate surface area is 121 Å². The van der Waals surface area contributed by atoms with Gasteiger partial charge in [0, 0.05) is 19.0 Å². The van der Waals surface area contributed by atoms with Crippen molar-refractivity contribution in [1.29, 1.82) is 0 Å². The lowest BCUT2D eigenvalue weighted by molar-refractivity contribution is -0.137. The number of likely N-dealkylation sites (tertiary alicyclic amines) is 2. The Hall–Kier alpha value is -1.10. The Morgan fingerprint density at radius 2 is 1.55 bits per heavy atom. The summed E-state index contributed by atoms with van der Waals surface area (Å²) in [4.78, 5) is 28.0. The molecule has 5 nitrogen and oxygen atoms in total. The van der Waals surface area contributed by atoms with Crippen LogP contribution in [0, 0.1) is 5.92 Å². The number of rotatable bonds is 3. The van der Waals surface area contributed by atoms with Crippen LogP contribution in [0.5, 0.6) is 0 Å². The first-order valence-electron chi connectivity index (χ1n) is 7.91. The van der Waals surface area contributed by atoms with Gasteiger partial charge in [0.05, 0.1) is 6.04 Å². The van der Waals surface area contributed by atoms with Crippen molar-refractivity contribution in [1.82, 2.24) is 9.80 Å². The van der Waals surface area contributed by atoms with Crippen molar-refractivity contribution in [3.63, 3.8) is 0 Å². The van der Waals surface area contributed by atoms with Gasteiger partial charge in [0.25, 0.3) is 0 Å². The van der Waals surface area contributed by atoms with Crippen LogP contribution >= 0.6 is 0 Å². The normalized spacial score (nSPS) is 24.1. The van der Waals surface area contributed by atoms with Crippen LogP contribution in [-0.4, -0.2) is 53.8 Å². The molecule has 2 aliphatic rings. The molecule has 2 amide bonds. The van der Waals surface area contributed by atoms with Crippen molar-refractivity contribution in [2.24, 2.45) is 11.7 Å². The monoisotopic (exact) mass is 281 g/mol. The zero-order valence-electron chi connectivity index (χ0n) is 12.5. The minimum Gasteiger partial charge on any atom is -0.369 e. The van der Waals surface area contributed by atoms with E-state index in [-0.39, 0.29) is 23.8 Å². The fraction of sp³-hybridized carbons (Fsp3) is 0.867. The summed E-state index contributed by atoms with van der Waals surface area (Å²) in [5.74, 6) is 0.0484. The number of nitrogens with two attached hydrogens (primary N) is 1. The van der Waals surface area contributed by atoms with Gasteiger partial charge in [-0.15, -0.1) is 0 Å². The minimum absolute atomic E-state index is 0.00765. The van der Waals surface area contributed by atoms with E-state index >= 15 is 0 Å². The van der Waals surface area contributed by atoms with Crippen LogP contribution in [0.3, 0.4) is 0 Å². The average molecular weight is 281 g/mol. The molecule has 114 valence electrons. The second kappa shape index (κ2) is 7.07. The topological polar surface area (TPSA) is 66.6 Å². The van der Waals surface area contributed by atoms with E-state index in [0.717, 1.165) is 51.9 Å². The van der Waals surface area contributed by atoms with E-state index in [1.165, 1.54) is 12.8 Å². The van der Waals surface area contributed by atoms with Gasteiger partial charge >= 0.3 is 0 Å². The smallest absolute Gasteiger partial charge is 0.239 e. The second-order valence-electron chi connectivity index (χ2n) is 6.13. The quantitative estimate of drug-likeness (QED) is 0.838. The van der Waals surface area contributed by atoms with Gasteiger partial charge in [-0.05, 0) is 45.7 Å². The van der Waals surface area contributed by atoms with Gasteiger partial charge in [0.1, 0.15) is 0 Å². The molecule has 2 rings (SSSR count).